The Hall–Kier alpha value is -4.81. The van der Waals surface area contributed by atoms with E-state index in [1.165, 1.54) is 0 Å². The topological polar surface area (TPSA) is 179 Å². The monoisotopic (exact) mass is 655 g/mol. The van der Waals surface area contributed by atoms with Crippen LogP contribution in [0.25, 0.3) is 11.1 Å². The summed E-state index contributed by atoms with van der Waals surface area (Å²) in [4.78, 5) is 61.9. The molecule has 0 aromatic heterocycles. The van der Waals surface area contributed by atoms with Crippen LogP contribution in [-0.2, 0) is 28.5 Å². The summed E-state index contributed by atoms with van der Waals surface area (Å²) < 4.78 is 21.1. The van der Waals surface area contributed by atoms with E-state index in [2.05, 4.69) is 16.0 Å². The summed E-state index contributed by atoms with van der Waals surface area (Å²) in [5, 5.41) is 16.9. The van der Waals surface area contributed by atoms with Gasteiger partial charge in [0.2, 0.25) is 0 Å². The first-order chi connectivity index (χ1) is 22.0. The normalized spacial score (nSPS) is 13.7. The smallest absolute Gasteiger partial charge is 0.408 e. The van der Waals surface area contributed by atoms with Crippen molar-refractivity contribution >= 4 is 30.2 Å². The number of hydrogen-bond donors (Lipinski definition) is 4. The third-order valence-electron chi connectivity index (χ3n) is 6.89. The lowest BCUT2D eigenvalue weighted by atomic mass is 9.98. The highest BCUT2D eigenvalue weighted by molar-refractivity contribution is 5.83. The highest BCUT2D eigenvalue weighted by atomic mass is 16.6. The summed E-state index contributed by atoms with van der Waals surface area (Å²) in [5.74, 6) is -2.57. The number of amides is 3. The van der Waals surface area contributed by atoms with Gasteiger partial charge in [-0.3, -0.25) is 0 Å². The maximum atomic E-state index is 13.1. The molecule has 0 saturated heterocycles. The van der Waals surface area contributed by atoms with Crippen LogP contribution >= 0.6 is 0 Å². The van der Waals surface area contributed by atoms with Crippen LogP contribution in [-0.4, -0.2) is 78.4 Å². The maximum Gasteiger partial charge on any atom is 0.408 e. The molecule has 3 amide bonds. The van der Waals surface area contributed by atoms with Gasteiger partial charge in [0.1, 0.15) is 30.5 Å². The zero-order chi connectivity index (χ0) is 34.8. The molecule has 13 nitrogen and oxygen atoms in total. The van der Waals surface area contributed by atoms with Gasteiger partial charge in [-0.05, 0) is 83.1 Å². The number of carbonyl (C=O) groups is 5. The number of ether oxygens (including phenoxy) is 4. The first kappa shape index (κ1) is 36.7. The quantitative estimate of drug-likeness (QED) is 0.129. The van der Waals surface area contributed by atoms with Crippen LogP contribution in [0.5, 0.6) is 0 Å². The fourth-order valence-electron chi connectivity index (χ4n) is 4.90. The highest BCUT2D eigenvalue weighted by Gasteiger charge is 2.31. The molecule has 0 spiro atoms. The van der Waals surface area contributed by atoms with Crippen molar-refractivity contribution in [1.82, 2.24) is 16.0 Å². The minimum absolute atomic E-state index is 0.0162. The van der Waals surface area contributed by atoms with Crippen molar-refractivity contribution in [2.24, 2.45) is 0 Å². The molecule has 1 aliphatic rings. The number of aliphatic carboxylic acids is 1. The van der Waals surface area contributed by atoms with Crippen molar-refractivity contribution in [1.29, 1.82) is 0 Å². The zero-order valence-corrected chi connectivity index (χ0v) is 27.7. The molecular weight excluding hydrogens is 610 g/mol. The van der Waals surface area contributed by atoms with Gasteiger partial charge in [0.05, 0.1) is 0 Å². The van der Waals surface area contributed by atoms with Crippen LogP contribution in [0.1, 0.15) is 77.8 Å². The molecule has 0 aliphatic heterocycles. The molecule has 3 rings (SSSR count). The molecule has 0 fully saturated rings. The maximum absolute atomic E-state index is 13.1. The van der Waals surface area contributed by atoms with Crippen molar-refractivity contribution < 1.29 is 48.0 Å². The minimum atomic E-state index is -1.60. The van der Waals surface area contributed by atoms with Gasteiger partial charge >= 0.3 is 30.2 Å². The number of nitrogens with one attached hydrogen (secondary N) is 3. The largest absolute Gasteiger partial charge is 0.480 e. The molecule has 0 radical (unpaired) electrons. The van der Waals surface area contributed by atoms with E-state index in [1.54, 1.807) is 41.5 Å². The number of hydrogen-bond acceptors (Lipinski definition) is 9. The molecule has 0 saturated carbocycles. The number of rotatable bonds is 13. The highest BCUT2D eigenvalue weighted by Crippen LogP contribution is 2.44. The summed E-state index contributed by atoms with van der Waals surface area (Å²) in [6.07, 6.45) is -1.53. The fraction of sp³-hybridized carbons (Fsp3) is 0.500. The van der Waals surface area contributed by atoms with E-state index in [1.807, 2.05) is 48.5 Å². The van der Waals surface area contributed by atoms with Crippen LogP contribution in [0.3, 0.4) is 0 Å². The van der Waals surface area contributed by atoms with E-state index in [4.69, 9.17) is 18.9 Å². The molecule has 256 valence electrons. The van der Waals surface area contributed by atoms with Gasteiger partial charge in [-0.1, -0.05) is 48.5 Å². The summed E-state index contributed by atoms with van der Waals surface area (Å²) in [7, 11) is 0. The minimum Gasteiger partial charge on any atom is -0.480 e. The van der Waals surface area contributed by atoms with Gasteiger partial charge in [0, 0.05) is 12.5 Å². The Morgan fingerprint density at radius 1 is 0.723 bits per heavy atom. The summed E-state index contributed by atoms with van der Waals surface area (Å²) in [6.45, 7) is 9.64. The molecular formula is C34H45N3O10. The number of benzene rings is 2. The van der Waals surface area contributed by atoms with Crippen LogP contribution in [0, 0.1) is 0 Å². The number of fused-ring (bicyclic) bond motifs is 3. The number of carboxylic acid groups (broad SMARTS) is 1. The van der Waals surface area contributed by atoms with Crippen molar-refractivity contribution in [3.8, 4) is 11.1 Å². The van der Waals surface area contributed by atoms with Gasteiger partial charge in [0.15, 0.2) is 6.04 Å². The van der Waals surface area contributed by atoms with Gasteiger partial charge < -0.3 is 40.0 Å². The fourth-order valence-corrected chi connectivity index (χ4v) is 4.90. The average Bonchev–Trinajstić information content (AvgIpc) is 3.28. The van der Waals surface area contributed by atoms with Crippen molar-refractivity contribution in [3.63, 3.8) is 0 Å². The first-order valence-electron chi connectivity index (χ1n) is 15.5. The molecule has 2 atom stereocenters. The van der Waals surface area contributed by atoms with E-state index in [9.17, 15) is 29.1 Å². The Morgan fingerprint density at radius 3 is 1.81 bits per heavy atom. The van der Waals surface area contributed by atoms with E-state index in [-0.39, 0.29) is 25.5 Å². The predicted molar refractivity (Wildman–Crippen MR) is 172 cm³/mol. The summed E-state index contributed by atoms with van der Waals surface area (Å²) >= 11 is 0. The molecule has 0 unspecified atom stereocenters. The Kier molecular flexibility index (Phi) is 12.6. The van der Waals surface area contributed by atoms with Crippen LogP contribution < -0.4 is 16.0 Å². The number of carbonyl (C=O) groups excluding carboxylic acids is 4. The molecule has 0 bridgehead atoms. The number of carboxylic acids is 1. The molecule has 4 N–H and O–H groups in total. The summed E-state index contributed by atoms with van der Waals surface area (Å²) in [5.41, 5.74) is 2.63. The van der Waals surface area contributed by atoms with Crippen LogP contribution in [0.15, 0.2) is 48.5 Å². The van der Waals surface area contributed by atoms with Gasteiger partial charge in [0.25, 0.3) is 0 Å². The molecule has 2 aromatic carbocycles. The Labute approximate surface area is 274 Å². The standard InChI is InChI=1S/C34H45N3O10/c1-33(2,3)46-30(41)35-18-12-11-17-26(29(40)44-20-27(28(38)39)37-32(43)47-34(4,5)6)36-31(42)45-19-25-23-15-9-7-13-21(23)22-14-8-10-16-24(22)25/h7-10,13-16,25-27H,11-12,17-20H2,1-6H3,(H,35,41)(H,36,42)(H,37,43)(H,38,39)/t26-,27-/m0/s1. The van der Waals surface area contributed by atoms with Crippen LogP contribution in [0.4, 0.5) is 14.4 Å². The van der Waals surface area contributed by atoms with Crippen molar-refractivity contribution in [2.75, 3.05) is 19.8 Å². The van der Waals surface area contributed by atoms with Gasteiger partial charge in [-0.25, -0.2) is 24.0 Å². The third kappa shape index (κ3) is 11.8. The Bertz CT molecular complexity index is 1380. The van der Waals surface area contributed by atoms with E-state index < -0.39 is 60.1 Å². The lowest BCUT2D eigenvalue weighted by Gasteiger charge is -2.23. The van der Waals surface area contributed by atoms with E-state index in [0.717, 1.165) is 22.3 Å². The molecule has 1 aliphatic carbocycles. The second-order valence-electron chi connectivity index (χ2n) is 13.1. The van der Waals surface area contributed by atoms with E-state index in [0.29, 0.717) is 12.8 Å². The second-order valence-corrected chi connectivity index (χ2v) is 13.1. The first-order valence-corrected chi connectivity index (χ1v) is 15.5. The number of alkyl carbamates (subject to hydrolysis) is 3. The number of esters is 1. The van der Waals surface area contributed by atoms with E-state index >= 15 is 0 Å². The van der Waals surface area contributed by atoms with Gasteiger partial charge in [-0.15, -0.1) is 0 Å². The SMILES string of the molecule is CC(C)(C)OC(=O)NCCCC[C@H](NC(=O)OCC1c2ccccc2-c2ccccc21)C(=O)OC[C@H](NC(=O)OC(C)(C)C)C(=O)O. The molecule has 13 heteroatoms. The second kappa shape index (κ2) is 16.1. The lowest BCUT2D eigenvalue weighted by Crippen LogP contribution is -2.48. The average molecular weight is 656 g/mol. The predicted octanol–water partition coefficient (Wildman–Crippen LogP) is 5.11. The summed E-state index contributed by atoms with van der Waals surface area (Å²) in [6, 6.07) is 12.9. The molecule has 0 heterocycles. The zero-order valence-electron chi connectivity index (χ0n) is 27.7. The Morgan fingerprint density at radius 2 is 1.26 bits per heavy atom. The van der Waals surface area contributed by atoms with Gasteiger partial charge in [-0.2, -0.15) is 0 Å². The number of unbranched alkanes of at least 4 members (excludes halogenated alkanes) is 1. The van der Waals surface area contributed by atoms with Crippen molar-refractivity contribution in [2.45, 2.75) is 90.0 Å². The Balaban J connectivity index is 1.62. The molecule has 47 heavy (non-hydrogen) atoms. The van der Waals surface area contributed by atoms with Crippen LogP contribution in [0.2, 0.25) is 0 Å². The lowest BCUT2D eigenvalue weighted by molar-refractivity contribution is -0.150. The molecule has 2 aromatic rings. The van der Waals surface area contributed by atoms with Crippen molar-refractivity contribution in [3.05, 3.63) is 59.7 Å². The third-order valence-corrected chi connectivity index (χ3v) is 6.89.